The number of hydrogen-bond donors (Lipinski definition) is 0. The van der Waals surface area contributed by atoms with Crippen molar-refractivity contribution in [2.75, 3.05) is 13.2 Å². The Morgan fingerprint density at radius 2 is 2.30 bits per heavy atom. The number of hydrogen-bond acceptors (Lipinski definition) is 3. The SMILES string of the molecule is CCOC(=O)[C@H]1CCCCN1Cc1c(F)cccc1Cl. The summed E-state index contributed by atoms with van der Waals surface area (Å²) in [5.41, 5.74) is 0.449. The van der Waals surface area contributed by atoms with Crippen LogP contribution in [0.3, 0.4) is 0 Å². The summed E-state index contributed by atoms with van der Waals surface area (Å²) in [5, 5.41) is 0.401. The van der Waals surface area contributed by atoms with Crippen LogP contribution in [-0.4, -0.2) is 30.1 Å². The van der Waals surface area contributed by atoms with E-state index in [0.717, 1.165) is 25.8 Å². The number of likely N-dealkylation sites (tertiary alicyclic amines) is 1. The first kappa shape index (κ1) is 15.3. The third-order valence-corrected chi connectivity index (χ3v) is 3.95. The van der Waals surface area contributed by atoms with E-state index in [4.69, 9.17) is 16.3 Å². The van der Waals surface area contributed by atoms with E-state index in [9.17, 15) is 9.18 Å². The molecule has 0 aliphatic carbocycles. The molecular formula is C15H19ClFNO2. The van der Waals surface area contributed by atoms with Crippen LogP contribution in [0.5, 0.6) is 0 Å². The van der Waals surface area contributed by atoms with Crippen LogP contribution < -0.4 is 0 Å². The molecule has 1 atom stereocenters. The molecule has 2 rings (SSSR count). The second-order valence-electron chi connectivity index (χ2n) is 4.93. The minimum atomic E-state index is -0.328. The Hall–Kier alpha value is -1.13. The first-order valence-electron chi connectivity index (χ1n) is 6.97. The highest BCUT2D eigenvalue weighted by Gasteiger charge is 2.30. The van der Waals surface area contributed by atoms with Crippen molar-refractivity contribution in [3.63, 3.8) is 0 Å². The van der Waals surface area contributed by atoms with Gasteiger partial charge < -0.3 is 4.74 Å². The molecule has 0 amide bonds. The lowest BCUT2D eigenvalue weighted by atomic mass is 10.0. The molecule has 20 heavy (non-hydrogen) atoms. The third-order valence-electron chi connectivity index (χ3n) is 3.60. The first-order valence-corrected chi connectivity index (χ1v) is 7.35. The number of halogens is 2. The molecule has 0 saturated carbocycles. The van der Waals surface area contributed by atoms with E-state index in [0.29, 0.717) is 23.7 Å². The van der Waals surface area contributed by atoms with Gasteiger partial charge in [-0.05, 0) is 38.4 Å². The quantitative estimate of drug-likeness (QED) is 0.798. The minimum Gasteiger partial charge on any atom is -0.465 e. The second kappa shape index (κ2) is 7.04. The molecule has 1 aliphatic heterocycles. The number of carbonyl (C=O) groups excluding carboxylic acids is 1. The van der Waals surface area contributed by atoms with Gasteiger partial charge in [0, 0.05) is 17.1 Å². The van der Waals surface area contributed by atoms with Crippen LogP contribution in [0.4, 0.5) is 4.39 Å². The van der Waals surface area contributed by atoms with Crippen LogP contribution in [0.2, 0.25) is 5.02 Å². The van der Waals surface area contributed by atoms with Gasteiger partial charge in [-0.2, -0.15) is 0 Å². The van der Waals surface area contributed by atoms with Gasteiger partial charge in [0.05, 0.1) is 6.61 Å². The summed E-state index contributed by atoms with van der Waals surface area (Å²) in [6.45, 7) is 3.26. The molecule has 1 aromatic carbocycles. The highest BCUT2D eigenvalue weighted by molar-refractivity contribution is 6.31. The van der Waals surface area contributed by atoms with Crippen LogP contribution in [-0.2, 0) is 16.1 Å². The number of rotatable bonds is 4. The van der Waals surface area contributed by atoms with Crippen LogP contribution in [0, 0.1) is 5.82 Å². The van der Waals surface area contributed by atoms with Gasteiger partial charge >= 0.3 is 5.97 Å². The van der Waals surface area contributed by atoms with Crippen molar-refractivity contribution in [1.29, 1.82) is 0 Å². The summed E-state index contributed by atoms with van der Waals surface area (Å²) in [6, 6.07) is 4.35. The van der Waals surface area contributed by atoms with Crippen molar-refractivity contribution in [2.24, 2.45) is 0 Å². The zero-order chi connectivity index (χ0) is 14.5. The molecule has 110 valence electrons. The van der Waals surface area contributed by atoms with Crippen molar-refractivity contribution in [3.05, 3.63) is 34.6 Å². The minimum absolute atomic E-state index is 0.223. The molecular weight excluding hydrogens is 281 g/mol. The molecule has 0 unspecified atom stereocenters. The number of piperidine rings is 1. The Kier molecular flexibility index (Phi) is 5.38. The summed E-state index contributed by atoms with van der Waals surface area (Å²) in [5.74, 6) is -0.551. The molecule has 0 N–H and O–H groups in total. The maximum Gasteiger partial charge on any atom is 0.323 e. The topological polar surface area (TPSA) is 29.5 Å². The van der Waals surface area contributed by atoms with Gasteiger partial charge in [-0.1, -0.05) is 24.1 Å². The molecule has 0 aromatic heterocycles. The van der Waals surface area contributed by atoms with Crippen molar-refractivity contribution < 1.29 is 13.9 Å². The monoisotopic (exact) mass is 299 g/mol. The van der Waals surface area contributed by atoms with Gasteiger partial charge in [-0.15, -0.1) is 0 Å². The second-order valence-corrected chi connectivity index (χ2v) is 5.34. The smallest absolute Gasteiger partial charge is 0.323 e. The van der Waals surface area contributed by atoms with Crippen molar-refractivity contribution in [2.45, 2.75) is 38.8 Å². The number of nitrogens with zero attached hydrogens (tertiary/aromatic N) is 1. The Labute approximate surface area is 123 Å². The predicted molar refractivity (Wildman–Crippen MR) is 76.1 cm³/mol. The van der Waals surface area contributed by atoms with Gasteiger partial charge in [0.15, 0.2) is 0 Å². The lowest BCUT2D eigenvalue weighted by Gasteiger charge is -2.34. The van der Waals surface area contributed by atoms with Crippen molar-refractivity contribution >= 4 is 17.6 Å². The van der Waals surface area contributed by atoms with Crippen LogP contribution >= 0.6 is 11.6 Å². The molecule has 0 spiro atoms. The van der Waals surface area contributed by atoms with Crippen LogP contribution in [0.15, 0.2) is 18.2 Å². The highest BCUT2D eigenvalue weighted by Crippen LogP contribution is 2.25. The highest BCUT2D eigenvalue weighted by atomic mass is 35.5. The number of carbonyl (C=O) groups is 1. The first-order chi connectivity index (χ1) is 9.63. The van der Waals surface area contributed by atoms with Gasteiger partial charge in [-0.3, -0.25) is 9.69 Å². The van der Waals surface area contributed by atoms with E-state index in [-0.39, 0.29) is 17.8 Å². The van der Waals surface area contributed by atoms with Crippen LogP contribution in [0.1, 0.15) is 31.7 Å². The molecule has 1 aliphatic rings. The lowest BCUT2D eigenvalue weighted by Crippen LogP contribution is -2.45. The Balaban J connectivity index is 2.14. The predicted octanol–water partition coefficient (Wildman–Crippen LogP) is 3.40. The zero-order valence-corrected chi connectivity index (χ0v) is 12.3. The fourth-order valence-corrected chi connectivity index (χ4v) is 2.79. The zero-order valence-electron chi connectivity index (χ0n) is 11.6. The van der Waals surface area contributed by atoms with Gasteiger partial charge in [-0.25, -0.2) is 4.39 Å². The average Bonchev–Trinajstić information content (AvgIpc) is 2.44. The fourth-order valence-electron chi connectivity index (χ4n) is 2.57. The summed E-state index contributed by atoms with van der Waals surface area (Å²) in [6.07, 6.45) is 2.75. The third kappa shape index (κ3) is 3.49. The molecule has 0 bridgehead atoms. The van der Waals surface area contributed by atoms with Crippen molar-refractivity contribution in [1.82, 2.24) is 4.90 Å². The van der Waals surface area contributed by atoms with Gasteiger partial charge in [0.2, 0.25) is 0 Å². The maximum atomic E-state index is 13.9. The average molecular weight is 300 g/mol. The fraction of sp³-hybridized carbons (Fsp3) is 0.533. The van der Waals surface area contributed by atoms with Gasteiger partial charge in [0.1, 0.15) is 11.9 Å². The Morgan fingerprint density at radius 3 is 3.00 bits per heavy atom. The Morgan fingerprint density at radius 1 is 1.50 bits per heavy atom. The molecule has 1 saturated heterocycles. The van der Waals surface area contributed by atoms with E-state index < -0.39 is 0 Å². The van der Waals surface area contributed by atoms with E-state index in [1.54, 1.807) is 19.1 Å². The van der Waals surface area contributed by atoms with E-state index in [1.165, 1.54) is 6.07 Å². The number of ether oxygens (including phenoxy) is 1. The maximum absolute atomic E-state index is 13.9. The molecule has 1 aromatic rings. The molecule has 5 heteroatoms. The molecule has 1 fully saturated rings. The van der Waals surface area contributed by atoms with E-state index in [1.807, 2.05) is 4.90 Å². The number of benzene rings is 1. The molecule has 0 radical (unpaired) electrons. The largest absolute Gasteiger partial charge is 0.465 e. The van der Waals surface area contributed by atoms with Crippen LogP contribution in [0.25, 0.3) is 0 Å². The van der Waals surface area contributed by atoms with Gasteiger partial charge in [0.25, 0.3) is 0 Å². The summed E-state index contributed by atoms with van der Waals surface area (Å²) in [7, 11) is 0. The standard InChI is InChI=1S/C15H19ClFNO2/c1-2-20-15(19)14-8-3-4-9-18(14)10-11-12(16)6-5-7-13(11)17/h5-7,14H,2-4,8-10H2,1H3/t14-/m1/s1. The van der Waals surface area contributed by atoms with E-state index in [2.05, 4.69) is 0 Å². The van der Waals surface area contributed by atoms with Crippen molar-refractivity contribution in [3.8, 4) is 0 Å². The normalized spacial score (nSPS) is 19.9. The number of esters is 1. The van der Waals surface area contributed by atoms with E-state index >= 15 is 0 Å². The summed E-state index contributed by atoms with van der Waals surface area (Å²) < 4.78 is 19.0. The Bertz CT molecular complexity index is 461. The summed E-state index contributed by atoms with van der Waals surface area (Å²) in [4.78, 5) is 13.9. The lowest BCUT2D eigenvalue weighted by molar-refractivity contribution is -0.151. The summed E-state index contributed by atoms with van der Waals surface area (Å²) >= 11 is 6.05. The molecule has 3 nitrogen and oxygen atoms in total. The molecule has 1 heterocycles.